The Morgan fingerprint density at radius 3 is 1.40 bits per heavy atom. The first-order chi connectivity index (χ1) is 12.2. The highest BCUT2D eigenvalue weighted by Crippen LogP contribution is 2.13. The molecule has 1 atom stereocenters. The summed E-state index contributed by atoms with van der Waals surface area (Å²) in [5.74, 6) is -0.247. The first-order valence-corrected chi connectivity index (χ1v) is 11.1. The van der Waals surface area contributed by atoms with E-state index in [1.807, 2.05) is 6.92 Å². The molecule has 0 bridgehead atoms. The van der Waals surface area contributed by atoms with Crippen molar-refractivity contribution in [2.45, 2.75) is 129 Å². The fourth-order valence-corrected chi connectivity index (χ4v) is 3.10. The van der Waals surface area contributed by atoms with Gasteiger partial charge in [-0.05, 0) is 12.8 Å². The van der Waals surface area contributed by atoms with Gasteiger partial charge in [-0.25, -0.2) is 0 Å². The Morgan fingerprint density at radius 2 is 1.04 bits per heavy atom. The maximum absolute atomic E-state index is 11.4. The summed E-state index contributed by atoms with van der Waals surface area (Å²) in [6.45, 7) is 4.72. The molecule has 0 aromatic carbocycles. The van der Waals surface area contributed by atoms with Gasteiger partial charge in [0.1, 0.15) is 6.04 Å². The summed E-state index contributed by atoms with van der Waals surface area (Å²) >= 11 is 0. The van der Waals surface area contributed by atoms with E-state index in [2.05, 4.69) is 6.92 Å². The minimum Gasteiger partial charge on any atom is -0.465 e. The zero-order valence-corrected chi connectivity index (χ0v) is 17.2. The number of nitrogens with two attached hydrogens (primary N) is 1. The standard InChI is InChI=1S/C22H45NO2/c1-3-5-6-7-8-9-10-11-12-13-14-15-16-17-18-19-20-25-22(24)21(23)4-2/h21H,3-20,23H2,1-2H3. The van der Waals surface area contributed by atoms with Gasteiger partial charge in [-0.1, -0.05) is 110 Å². The molecule has 0 aliphatic carbocycles. The van der Waals surface area contributed by atoms with Gasteiger partial charge < -0.3 is 10.5 Å². The van der Waals surface area contributed by atoms with Gasteiger partial charge in [0.25, 0.3) is 0 Å². The molecule has 0 radical (unpaired) electrons. The van der Waals surface area contributed by atoms with Crippen LogP contribution in [0.15, 0.2) is 0 Å². The maximum Gasteiger partial charge on any atom is 0.322 e. The highest BCUT2D eigenvalue weighted by Gasteiger charge is 2.11. The zero-order valence-electron chi connectivity index (χ0n) is 17.2. The number of ether oxygens (including phenoxy) is 1. The molecule has 2 N–H and O–H groups in total. The van der Waals surface area contributed by atoms with Gasteiger partial charge in [0, 0.05) is 0 Å². The number of unbranched alkanes of at least 4 members (excludes halogenated alkanes) is 15. The number of carbonyl (C=O) groups excluding carboxylic acids is 1. The first-order valence-electron chi connectivity index (χ1n) is 11.1. The average Bonchev–Trinajstić information content (AvgIpc) is 2.63. The molecule has 0 rings (SSSR count). The summed E-state index contributed by atoms with van der Waals surface area (Å²) in [6.07, 6.45) is 22.3. The Kier molecular flexibility index (Phi) is 19.3. The van der Waals surface area contributed by atoms with Gasteiger partial charge in [-0.15, -0.1) is 0 Å². The Balaban J connectivity index is 3.08. The SMILES string of the molecule is CCCCCCCCCCCCCCCCCCOC(=O)C(N)CC. The van der Waals surface area contributed by atoms with Gasteiger partial charge in [0.15, 0.2) is 0 Å². The van der Waals surface area contributed by atoms with E-state index in [4.69, 9.17) is 10.5 Å². The van der Waals surface area contributed by atoms with Crippen molar-refractivity contribution < 1.29 is 9.53 Å². The summed E-state index contributed by atoms with van der Waals surface area (Å²) in [7, 11) is 0. The fourth-order valence-electron chi connectivity index (χ4n) is 3.10. The highest BCUT2D eigenvalue weighted by molar-refractivity contribution is 5.75. The van der Waals surface area contributed by atoms with E-state index >= 15 is 0 Å². The Morgan fingerprint density at radius 1 is 0.680 bits per heavy atom. The number of hydrogen-bond donors (Lipinski definition) is 1. The maximum atomic E-state index is 11.4. The molecule has 0 aliphatic rings. The van der Waals surface area contributed by atoms with Gasteiger partial charge in [-0.3, -0.25) is 4.79 Å². The first kappa shape index (κ1) is 24.4. The molecule has 0 amide bonds. The van der Waals surface area contributed by atoms with Gasteiger partial charge >= 0.3 is 5.97 Å². The summed E-state index contributed by atoms with van der Waals surface area (Å²) in [5.41, 5.74) is 5.61. The van der Waals surface area contributed by atoms with Crippen molar-refractivity contribution in [2.75, 3.05) is 6.61 Å². The minimum absolute atomic E-state index is 0.247. The van der Waals surface area contributed by atoms with Crippen LogP contribution in [0.25, 0.3) is 0 Å². The molecule has 3 nitrogen and oxygen atoms in total. The Bertz CT molecular complexity index is 281. The topological polar surface area (TPSA) is 52.3 Å². The third-order valence-corrected chi connectivity index (χ3v) is 4.98. The van der Waals surface area contributed by atoms with Crippen molar-refractivity contribution in [1.29, 1.82) is 0 Å². The summed E-state index contributed by atoms with van der Waals surface area (Å²) < 4.78 is 5.15. The second-order valence-corrected chi connectivity index (χ2v) is 7.49. The molecule has 1 unspecified atom stereocenters. The van der Waals surface area contributed by atoms with Crippen molar-refractivity contribution >= 4 is 5.97 Å². The molecule has 0 saturated carbocycles. The second-order valence-electron chi connectivity index (χ2n) is 7.49. The van der Waals surface area contributed by atoms with E-state index in [1.54, 1.807) is 0 Å². The molecule has 0 aromatic rings. The van der Waals surface area contributed by atoms with Crippen LogP contribution in [0.3, 0.4) is 0 Å². The molecule has 3 heteroatoms. The van der Waals surface area contributed by atoms with Crippen molar-refractivity contribution in [3.63, 3.8) is 0 Å². The fraction of sp³-hybridized carbons (Fsp3) is 0.955. The molecule has 0 aliphatic heterocycles. The number of rotatable bonds is 19. The van der Waals surface area contributed by atoms with Crippen LogP contribution in [-0.4, -0.2) is 18.6 Å². The zero-order chi connectivity index (χ0) is 18.6. The van der Waals surface area contributed by atoms with E-state index in [1.165, 1.54) is 89.9 Å². The van der Waals surface area contributed by atoms with Crippen LogP contribution >= 0.6 is 0 Å². The van der Waals surface area contributed by atoms with Crippen LogP contribution in [0.2, 0.25) is 0 Å². The molecule has 0 spiro atoms. The largest absolute Gasteiger partial charge is 0.465 e. The predicted molar refractivity (Wildman–Crippen MR) is 109 cm³/mol. The number of hydrogen-bond acceptors (Lipinski definition) is 3. The second kappa shape index (κ2) is 19.8. The summed E-state index contributed by atoms with van der Waals surface area (Å²) in [6, 6.07) is -0.443. The van der Waals surface area contributed by atoms with Crippen LogP contribution in [-0.2, 0) is 9.53 Å². The van der Waals surface area contributed by atoms with Crippen LogP contribution in [0.1, 0.15) is 123 Å². The van der Waals surface area contributed by atoms with Gasteiger partial charge in [-0.2, -0.15) is 0 Å². The number of esters is 1. The van der Waals surface area contributed by atoms with Crippen molar-refractivity contribution in [3.05, 3.63) is 0 Å². The quantitative estimate of drug-likeness (QED) is 0.212. The molecule has 150 valence electrons. The smallest absolute Gasteiger partial charge is 0.322 e. The third-order valence-electron chi connectivity index (χ3n) is 4.98. The lowest BCUT2D eigenvalue weighted by molar-refractivity contribution is -0.145. The van der Waals surface area contributed by atoms with Gasteiger partial charge in [0.2, 0.25) is 0 Å². The number of carbonyl (C=O) groups is 1. The molecule has 25 heavy (non-hydrogen) atoms. The predicted octanol–water partition coefficient (Wildman–Crippen LogP) is 6.53. The molecule has 0 heterocycles. The third kappa shape index (κ3) is 18.0. The normalized spacial score (nSPS) is 12.3. The van der Waals surface area contributed by atoms with E-state index < -0.39 is 6.04 Å². The molecule has 0 aromatic heterocycles. The van der Waals surface area contributed by atoms with Crippen molar-refractivity contribution in [1.82, 2.24) is 0 Å². The lowest BCUT2D eigenvalue weighted by Crippen LogP contribution is -2.31. The van der Waals surface area contributed by atoms with E-state index in [0.29, 0.717) is 13.0 Å². The minimum atomic E-state index is -0.443. The lowest BCUT2D eigenvalue weighted by Gasteiger charge is -2.09. The summed E-state index contributed by atoms with van der Waals surface area (Å²) in [4.78, 5) is 11.4. The van der Waals surface area contributed by atoms with E-state index in [0.717, 1.165) is 12.8 Å². The van der Waals surface area contributed by atoms with E-state index in [9.17, 15) is 4.79 Å². The monoisotopic (exact) mass is 355 g/mol. The average molecular weight is 356 g/mol. The van der Waals surface area contributed by atoms with Gasteiger partial charge in [0.05, 0.1) is 6.61 Å². The van der Waals surface area contributed by atoms with Crippen LogP contribution in [0.4, 0.5) is 0 Å². The highest BCUT2D eigenvalue weighted by atomic mass is 16.5. The van der Waals surface area contributed by atoms with Crippen LogP contribution in [0, 0.1) is 0 Å². The van der Waals surface area contributed by atoms with E-state index in [-0.39, 0.29) is 5.97 Å². The lowest BCUT2D eigenvalue weighted by atomic mass is 10.0. The molecular formula is C22H45NO2. The Labute approximate surface area is 157 Å². The molecular weight excluding hydrogens is 310 g/mol. The van der Waals surface area contributed by atoms with Crippen LogP contribution in [0.5, 0.6) is 0 Å². The molecule has 0 fully saturated rings. The van der Waals surface area contributed by atoms with Crippen LogP contribution < -0.4 is 5.73 Å². The van der Waals surface area contributed by atoms with Crippen molar-refractivity contribution in [3.8, 4) is 0 Å². The Hall–Kier alpha value is -0.570. The summed E-state index contributed by atoms with van der Waals surface area (Å²) in [5, 5.41) is 0. The van der Waals surface area contributed by atoms with Crippen molar-refractivity contribution in [2.24, 2.45) is 5.73 Å². The molecule has 0 saturated heterocycles.